The zero-order valence-corrected chi connectivity index (χ0v) is 15.4. The van der Waals surface area contributed by atoms with Crippen LogP contribution in [0.5, 0.6) is 0 Å². The van der Waals surface area contributed by atoms with Gasteiger partial charge in [0.25, 0.3) is 0 Å². The van der Waals surface area contributed by atoms with E-state index >= 15 is 0 Å². The molecule has 1 aliphatic carbocycles. The number of nitrogens with one attached hydrogen (secondary N) is 2. The van der Waals surface area contributed by atoms with Crippen LogP contribution in [0.4, 0.5) is 0 Å². The molecule has 0 spiro atoms. The first kappa shape index (κ1) is 19.2. The van der Waals surface area contributed by atoms with Crippen molar-refractivity contribution in [2.24, 2.45) is 0 Å². The molecular weight excluding hydrogens is 376 g/mol. The normalized spacial score (nSPS) is 16.6. The fourth-order valence-corrected chi connectivity index (χ4v) is 3.99. The van der Waals surface area contributed by atoms with E-state index in [9.17, 15) is 21.6 Å². The first-order chi connectivity index (χ1) is 11.1. The molecule has 0 radical (unpaired) electrons. The minimum absolute atomic E-state index is 0.0401. The maximum atomic E-state index is 12.4. The van der Waals surface area contributed by atoms with Crippen molar-refractivity contribution >= 4 is 37.4 Å². The molecule has 1 aromatic rings. The van der Waals surface area contributed by atoms with Crippen LogP contribution in [0.15, 0.2) is 29.2 Å². The SMILES string of the molecule is CS(=O)(=O)CC[C@@H](NS(=O)(=O)c1ccc(Cl)cc1)C(=O)NC1CC1. The van der Waals surface area contributed by atoms with Gasteiger partial charge in [-0.1, -0.05) is 11.6 Å². The highest BCUT2D eigenvalue weighted by Gasteiger charge is 2.31. The van der Waals surface area contributed by atoms with Crippen molar-refractivity contribution in [3.63, 3.8) is 0 Å². The van der Waals surface area contributed by atoms with E-state index in [4.69, 9.17) is 11.6 Å². The monoisotopic (exact) mass is 394 g/mol. The van der Waals surface area contributed by atoms with Crippen LogP contribution in [0.1, 0.15) is 19.3 Å². The van der Waals surface area contributed by atoms with Gasteiger partial charge in [-0.15, -0.1) is 0 Å². The number of halogens is 1. The molecular formula is C14H19ClN2O5S2. The highest BCUT2D eigenvalue weighted by molar-refractivity contribution is 7.90. The fraction of sp³-hybridized carbons (Fsp3) is 0.500. The Morgan fingerprint density at radius 3 is 2.29 bits per heavy atom. The summed E-state index contributed by atoms with van der Waals surface area (Å²) in [5.74, 6) is -0.808. The van der Waals surface area contributed by atoms with Gasteiger partial charge in [-0.3, -0.25) is 4.79 Å². The fourth-order valence-electron chi connectivity index (χ4n) is 1.97. The van der Waals surface area contributed by atoms with Crippen LogP contribution in [0, 0.1) is 0 Å². The summed E-state index contributed by atoms with van der Waals surface area (Å²) in [6.45, 7) is 0. The van der Waals surface area contributed by atoms with Crippen molar-refractivity contribution in [1.82, 2.24) is 10.0 Å². The summed E-state index contributed by atoms with van der Waals surface area (Å²) in [6.07, 6.45) is 2.59. The van der Waals surface area contributed by atoms with Crippen LogP contribution in [-0.2, 0) is 24.7 Å². The van der Waals surface area contributed by atoms with Crippen molar-refractivity contribution in [3.05, 3.63) is 29.3 Å². The van der Waals surface area contributed by atoms with E-state index < -0.39 is 31.8 Å². The van der Waals surface area contributed by atoms with Crippen molar-refractivity contribution < 1.29 is 21.6 Å². The minimum atomic E-state index is -3.97. The largest absolute Gasteiger partial charge is 0.352 e. The molecule has 1 amide bonds. The van der Waals surface area contributed by atoms with Gasteiger partial charge in [0.05, 0.1) is 10.6 Å². The van der Waals surface area contributed by atoms with Gasteiger partial charge in [-0.05, 0) is 43.5 Å². The Morgan fingerprint density at radius 2 is 1.79 bits per heavy atom. The Balaban J connectivity index is 2.15. The van der Waals surface area contributed by atoms with E-state index in [2.05, 4.69) is 10.0 Å². The maximum absolute atomic E-state index is 12.4. The van der Waals surface area contributed by atoms with Gasteiger partial charge in [0, 0.05) is 17.3 Å². The van der Waals surface area contributed by atoms with Gasteiger partial charge < -0.3 is 5.32 Å². The molecule has 1 aromatic carbocycles. The zero-order valence-electron chi connectivity index (χ0n) is 13.0. The number of carbonyl (C=O) groups is 1. The summed E-state index contributed by atoms with van der Waals surface area (Å²) in [5, 5.41) is 3.07. The second-order valence-corrected chi connectivity index (χ2v) is 10.2. The lowest BCUT2D eigenvalue weighted by Gasteiger charge is -2.18. The molecule has 0 saturated heterocycles. The molecule has 0 bridgehead atoms. The molecule has 1 saturated carbocycles. The Hall–Kier alpha value is -1.16. The quantitative estimate of drug-likeness (QED) is 0.674. The lowest BCUT2D eigenvalue weighted by Crippen LogP contribution is -2.48. The molecule has 10 heteroatoms. The maximum Gasteiger partial charge on any atom is 0.241 e. The van der Waals surface area contributed by atoms with E-state index in [1.807, 2.05) is 0 Å². The summed E-state index contributed by atoms with van der Waals surface area (Å²) in [5.41, 5.74) is 0. The number of hydrogen-bond acceptors (Lipinski definition) is 5. The summed E-state index contributed by atoms with van der Waals surface area (Å²) >= 11 is 5.74. The molecule has 7 nitrogen and oxygen atoms in total. The smallest absolute Gasteiger partial charge is 0.241 e. The number of rotatable bonds is 8. The van der Waals surface area contributed by atoms with E-state index in [0.29, 0.717) is 5.02 Å². The Kier molecular flexibility index (Phi) is 5.90. The third-order valence-corrected chi connectivity index (χ3v) is 6.16. The molecule has 0 aliphatic heterocycles. The van der Waals surface area contributed by atoms with Crippen LogP contribution in [0.25, 0.3) is 0 Å². The van der Waals surface area contributed by atoms with Crippen molar-refractivity contribution in [3.8, 4) is 0 Å². The average molecular weight is 395 g/mol. The van der Waals surface area contributed by atoms with Crippen LogP contribution < -0.4 is 10.0 Å². The van der Waals surface area contributed by atoms with E-state index in [-0.39, 0.29) is 23.1 Å². The molecule has 134 valence electrons. The van der Waals surface area contributed by atoms with Crippen LogP contribution >= 0.6 is 11.6 Å². The van der Waals surface area contributed by atoms with Gasteiger partial charge in [0.15, 0.2) is 0 Å². The van der Waals surface area contributed by atoms with Gasteiger partial charge in [0.2, 0.25) is 15.9 Å². The summed E-state index contributed by atoms with van der Waals surface area (Å²) in [7, 11) is -7.29. The number of amides is 1. The third kappa shape index (κ3) is 6.04. The Morgan fingerprint density at radius 1 is 1.21 bits per heavy atom. The first-order valence-electron chi connectivity index (χ1n) is 7.33. The zero-order chi connectivity index (χ0) is 18.0. The predicted octanol–water partition coefficient (Wildman–Crippen LogP) is 0.700. The van der Waals surface area contributed by atoms with Crippen LogP contribution in [0.3, 0.4) is 0 Å². The van der Waals surface area contributed by atoms with Gasteiger partial charge >= 0.3 is 0 Å². The van der Waals surface area contributed by atoms with Crippen LogP contribution in [0.2, 0.25) is 5.02 Å². The van der Waals surface area contributed by atoms with Crippen molar-refractivity contribution in [2.45, 2.75) is 36.2 Å². The topological polar surface area (TPSA) is 109 Å². The van der Waals surface area contributed by atoms with Crippen molar-refractivity contribution in [2.75, 3.05) is 12.0 Å². The lowest BCUT2D eigenvalue weighted by molar-refractivity contribution is -0.122. The lowest BCUT2D eigenvalue weighted by atomic mass is 10.2. The minimum Gasteiger partial charge on any atom is -0.352 e. The summed E-state index contributed by atoms with van der Waals surface area (Å²) in [4.78, 5) is 12.2. The number of carbonyl (C=O) groups excluding carboxylic acids is 1. The van der Waals surface area contributed by atoms with Crippen molar-refractivity contribution in [1.29, 1.82) is 0 Å². The average Bonchev–Trinajstić information content (AvgIpc) is 3.26. The molecule has 0 unspecified atom stereocenters. The number of sulfone groups is 1. The molecule has 0 heterocycles. The summed E-state index contributed by atoms with van der Waals surface area (Å²) < 4.78 is 49.8. The number of benzene rings is 1. The molecule has 2 N–H and O–H groups in total. The van der Waals surface area contributed by atoms with E-state index in [0.717, 1.165) is 19.1 Å². The highest BCUT2D eigenvalue weighted by Crippen LogP contribution is 2.19. The van der Waals surface area contributed by atoms with Gasteiger partial charge in [-0.2, -0.15) is 4.72 Å². The number of hydrogen-bond donors (Lipinski definition) is 2. The highest BCUT2D eigenvalue weighted by atomic mass is 35.5. The molecule has 1 fully saturated rings. The summed E-state index contributed by atoms with van der Waals surface area (Å²) in [6, 6.07) is 4.37. The molecule has 24 heavy (non-hydrogen) atoms. The second-order valence-electron chi connectivity index (χ2n) is 5.83. The van der Waals surface area contributed by atoms with Gasteiger partial charge in [0.1, 0.15) is 15.9 Å². The molecule has 2 rings (SSSR count). The second kappa shape index (κ2) is 7.38. The van der Waals surface area contributed by atoms with E-state index in [1.165, 1.54) is 24.3 Å². The first-order valence-corrected chi connectivity index (χ1v) is 11.2. The standard InChI is InChI=1S/C14H19ClN2O5S2/c1-23(19,20)9-8-13(14(18)16-11-4-5-11)17-24(21,22)12-6-2-10(15)3-7-12/h2-3,6-7,11,13,17H,4-5,8-9H2,1H3,(H,16,18)/t13-/m1/s1. The Bertz CT molecular complexity index is 802. The molecule has 1 atom stereocenters. The third-order valence-electron chi connectivity index (χ3n) is 3.44. The number of sulfonamides is 1. The predicted molar refractivity (Wildman–Crippen MR) is 91.1 cm³/mol. The Labute approximate surface area is 146 Å². The van der Waals surface area contributed by atoms with Crippen LogP contribution in [-0.4, -0.2) is 46.8 Å². The van der Waals surface area contributed by atoms with E-state index in [1.54, 1.807) is 0 Å². The molecule has 0 aromatic heterocycles. The van der Waals surface area contributed by atoms with Gasteiger partial charge in [-0.25, -0.2) is 16.8 Å². The molecule has 1 aliphatic rings.